The van der Waals surface area contributed by atoms with Crippen molar-refractivity contribution in [1.29, 1.82) is 0 Å². The summed E-state index contributed by atoms with van der Waals surface area (Å²) in [6.45, 7) is 4.86. The number of thiophene rings is 1. The summed E-state index contributed by atoms with van der Waals surface area (Å²) in [6, 6.07) is 9.73. The van der Waals surface area contributed by atoms with Gasteiger partial charge < -0.3 is 19.4 Å². The fourth-order valence-corrected chi connectivity index (χ4v) is 4.11. The summed E-state index contributed by atoms with van der Waals surface area (Å²) in [7, 11) is 0. The third-order valence-electron chi connectivity index (χ3n) is 5.14. The highest BCUT2D eigenvalue weighted by Crippen LogP contribution is 2.27. The van der Waals surface area contributed by atoms with E-state index in [2.05, 4.69) is 20.3 Å². The molecule has 0 saturated carbocycles. The normalized spacial score (nSPS) is 15.0. The first kappa shape index (κ1) is 19.5. The van der Waals surface area contributed by atoms with Crippen LogP contribution in [0.25, 0.3) is 22.7 Å². The molecule has 1 aromatic carbocycles. The fraction of sp³-hybridized carbons (Fsp3) is 0.273. The SMILES string of the molecule is CC(=O)N[C@@H](C)c1ccc(OC2CN(c3ncc4nc(-c5ccsc5)oc4n3)C2)cc1. The molecule has 4 aromatic rings. The van der Waals surface area contributed by atoms with Gasteiger partial charge in [-0.1, -0.05) is 12.1 Å². The minimum atomic E-state index is -0.0455. The summed E-state index contributed by atoms with van der Waals surface area (Å²) >= 11 is 1.60. The Balaban J connectivity index is 1.20. The Hall–Kier alpha value is -3.46. The smallest absolute Gasteiger partial charge is 0.252 e. The largest absolute Gasteiger partial charge is 0.487 e. The van der Waals surface area contributed by atoms with Gasteiger partial charge in [0.2, 0.25) is 17.7 Å². The van der Waals surface area contributed by atoms with Gasteiger partial charge in [0.05, 0.1) is 25.3 Å². The van der Waals surface area contributed by atoms with Crippen LogP contribution in [0.15, 0.2) is 51.7 Å². The number of hydrogen-bond acceptors (Lipinski definition) is 8. The second-order valence-corrected chi connectivity index (χ2v) is 8.31. The Kier molecular flexibility index (Phi) is 5.03. The van der Waals surface area contributed by atoms with Crippen molar-refractivity contribution < 1.29 is 13.9 Å². The molecule has 1 amide bonds. The third kappa shape index (κ3) is 4.09. The third-order valence-corrected chi connectivity index (χ3v) is 5.82. The molecule has 9 heteroatoms. The average Bonchev–Trinajstić information content (AvgIpc) is 3.39. The maximum absolute atomic E-state index is 11.2. The second-order valence-electron chi connectivity index (χ2n) is 7.53. The molecule has 1 fully saturated rings. The molecule has 4 heterocycles. The molecule has 1 aliphatic heterocycles. The molecule has 1 aliphatic rings. The number of nitrogens with zero attached hydrogens (tertiary/aromatic N) is 4. The number of aromatic nitrogens is 3. The summed E-state index contributed by atoms with van der Waals surface area (Å²) in [4.78, 5) is 26.6. The van der Waals surface area contributed by atoms with E-state index in [1.807, 2.05) is 52.9 Å². The van der Waals surface area contributed by atoms with Crippen molar-refractivity contribution in [3.05, 3.63) is 52.9 Å². The second kappa shape index (κ2) is 7.99. The molecule has 0 unspecified atom stereocenters. The van der Waals surface area contributed by atoms with Crippen LogP contribution >= 0.6 is 11.3 Å². The first-order valence-corrected chi connectivity index (χ1v) is 10.9. The van der Waals surface area contributed by atoms with E-state index in [-0.39, 0.29) is 18.1 Å². The van der Waals surface area contributed by atoms with Gasteiger partial charge in [-0.2, -0.15) is 16.3 Å². The minimum absolute atomic E-state index is 0.0332. The molecule has 0 aliphatic carbocycles. The van der Waals surface area contributed by atoms with E-state index in [9.17, 15) is 4.79 Å². The van der Waals surface area contributed by atoms with E-state index >= 15 is 0 Å². The molecule has 8 nitrogen and oxygen atoms in total. The number of anilines is 1. The minimum Gasteiger partial charge on any atom is -0.487 e. The number of hydrogen-bond donors (Lipinski definition) is 1. The zero-order chi connectivity index (χ0) is 21.4. The van der Waals surface area contributed by atoms with Crippen LogP contribution in [-0.2, 0) is 4.79 Å². The number of carbonyl (C=O) groups excluding carboxylic acids is 1. The average molecular weight is 436 g/mol. The first-order chi connectivity index (χ1) is 15.0. The quantitative estimate of drug-likeness (QED) is 0.492. The van der Waals surface area contributed by atoms with E-state index in [0.717, 1.165) is 16.9 Å². The standard InChI is InChI=1S/C22H21N5O3S/c1-13(24-14(2)28)15-3-5-17(6-4-15)29-18-10-27(11-18)22-23-9-19-21(26-22)30-20(25-19)16-7-8-31-12-16/h3-9,12-13,18H,10-11H2,1-2H3,(H,24,28)/t13-/m0/s1. The lowest BCUT2D eigenvalue weighted by molar-refractivity contribution is -0.119. The van der Waals surface area contributed by atoms with Gasteiger partial charge in [0.25, 0.3) is 5.71 Å². The fourth-order valence-electron chi connectivity index (χ4n) is 3.48. The van der Waals surface area contributed by atoms with Crippen LogP contribution in [0.2, 0.25) is 0 Å². The molecule has 1 N–H and O–H groups in total. The van der Waals surface area contributed by atoms with Crippen molar-refractivity contribution in [2.24, 2.45) is 0 Å². The predicted octanol–water partition coefficient (Wildman–Crippen LogP) is 3.81. The highest BCUT2D eigenvalue weighted by atomic mass is 32.1. The van der Waals surface area contributed by atoms with Gasteiger partial charge in [0.1, 0.15) is 17.4 Å². The number of fused-ring (bicyclic) bond motifs is 1. The van der Waals surface area contributed by atoms with Gasteiger partial charge in [-0.05, 0) is 36.1 Å². The molecular formula is C22H21N5O3S. The lowest BCUT2D eigenvalue weighted by Gasteiger charge is -2.38. The molecule has 1 atom stereocenters. The number of carbonyl (C=O) groups is 1. The Bertz CT molecular complexity index is 1200. The molecule has 5 rings (SSSR count). The van der Waals surface area contributed by atoms with Crippen LogP contribution in [0.4, 0.5) is 5.95 Å². The molecule has 158 valence electrons. The zero-order valence-electron chi connectivity index (χ0n) is 17.1. The zero-order valence-corrected chi connectivity index (χ0v) is 17.9. The van der Waals surface area contributed by atoms with Crippen LogP contribution in [0.5, 0.6) is 5.75 Å². The van der Waals surface area contributed by atoms with Crippen molar-refractivity contribution in [3.63, 3.8) is 0 Å². The molecule has 3 aromatic heterocycles. The highest BCUT2D eigenvalue weighted by Gasteiger charge is 2.31. The summed E-state index contributed by atoms with van der Waals surface area (Å²) < 4.78 is 11.8. The van der Waals surface area contributed by atoms with E-state index in [0.29, 0.717) is 36.2 Å². The number of ether oxygens (including phenoxy) is 1. The summed E-state index contributed by atoms with van der Waals surface area (Å²) in [5.41, 5.74) is 3.11. The molecule has 0 spiro atoms. The van der Waals surface area contributed by atoms with E-state index < -0.39 is 0 Å². The molecular weight excluding hydrogens is 414 g/mol. The summed E-state index contributed by atoms with van der Waals surface area (Å²) in [5.74, 6) is 1.93. The predicted molar refractivity (Wildman–Crippen MR) is 118 cm³/mol. The maximum Gasteiger partial charge on any atom is 0.252 e. The lowest BCUT2D eigenvalue weighted by atomic mass is 10.1. The van der Waals surface area contributed by atoms with Crippen LogP contribution in [0, 0.1) is 0 Å². The maximum atomic E-state index is 11.2. The Morgan fingerprint density at radius 2 is 2.06 bits per heavy atom. The van der Waals surface area contributed by atoms with Crippen molar-refractivity contribution in [1.82, 2.24) is 20.3 Å². The summed E-state index contributed by atoms with van der Waals surface area (Å²) in [5, 5.41) is 6.85. The number of rotatable bonds is 6. The van der Waals surface area contributed by atoms with Crippen molar-refractivity contribution >= 4 is 34.4 Å². The molecule has 0 bridgehead atoms. The topological polar surface area (TPSA) is 93.4 Å². The van der Waals surface area contributed by atoms with Gasteiger partial charge in [0, 0.05) is 17.9 Å². The van der Waals surface area contributed by atoms with E-state index in [1.54, 1.807) is 17.5 Å². The van der Waals surface area contributed by atoms with Gasteiger partial charge in [-0.3, -0.25) is 4.79 Å². The van der Waals surface area contributed by atoms with Gasteiger partial charge in [0.15, 0.2) is 0 Å². The number of amides is 1. The Morgan fingerprint density at radius 3 is 2.77 bits per heavy atom. The number of nitrogens with one attached hydrogen (secondary N) is 1. The van der Waals surface area contributed by atoms with Crippen LogP contribution < -0.4 is 15.0 Å². The Morgan fingerprint density at radius 1 is 1.26 bits per heavy atom. The van der Waals surface area contributed by atoms with Crippen molar-refractivity contribution in [2.45, 2.75) is 26.0 Å². The van der Waals surface area contributed by atoms with E-state index in [1.165, 1.54) is 6.92 Å². The number of benzene rings is 1. The molecule has 0 radical (unpaired) electrons. The van der Waals surface area contributed by atoms with Gasteiger partial charge in [-0.25, -0.2) is 9.97 Å². The van der Waals surface area contributed by atoms with Crippen molar-refractivity contribution in [2.75, 3.05) is 18.0 Å². The lowest BCUT2D eigenvalue weighted by Crippen LogP contribution is -2.54. The molecule has 1 saturated heterocycles. The molecule has 31 heavy (non-hydrogen) atoms. The number of oxazole rings is 1. The Labute approximate surface area is 182 Å². The summed E-state index contributed by atoms with van der Waals surface area (Å²) in [6.07, 6.45) is 1.76. The van der Waals surface area contributed by atoms with Crippen LogP contribution in [-0.4, -0.2) is 40.1 Å². The van der Waals surface area contributed by atoms with Crippen LogP contribution in [0.1, 0.15) is 25.5 Å². The van der Waals surface area contributed by atoms with Gasteiger partial charge in [-0.15, -0.1) is 0 Å². The van der Waals surface area contributed by atoms with Crippen LogP contribution in [0.3, 0.4) is 0 Å². The van der Waals surface area contributed by atoms with Gasteiger partial charge >= 0.3 is 0 Å². The first-order valence-electron chi connectivity index (χ1n) is 10.00. The van der Waals surface area contributed by atoms with E-state index in [4.69, 9.17) is 9.15 Å². The monoisotopic (exact) mass is 435 g/mol. The van der Waals surface area contributed by atoms with Crippen molar-refractivity contribution in [3.8, 4) is 17.2 Å². The highest BCUT2D eigenvalue weighted by molar-refractivity contribution is 7.08.